The molecule has 1 aromatic heterocycles. The fourth-order valence-corrected chi connectivity index (χ4v) is 1.93. The predicted molar refractivity (Wildman–Crippen MR) is 70.8 cm³/mol. The summed E-state index contributed by atoms with van der Waals surface area (Å²) >= 11 is 0. The predicted octanol–water partition coefficient (Wildman–Crippen LogP) is 2.70. The van der Waals surface area contributed by atoms with Crippen LogP contribution < -0.4 is 5.32 Å². The van der Waals surface area contributed by atoms with E-state index >= 15 is 0 Å². The molecule has 1 heterocycles. The number of aromatic nitrogens is 1. The van der Waals surface area contributed by atoms with Crippen molar-refractivity contribution in [3.63, 3.8) is 0 Å². The van der Waals surface area contributed by atoms with Crippen LogP contribution in [0.4, 0.5) is 5.69 Å². The molecule has 4 heteroatoms. The summed E-state index contributed by atoms with van der Waals surface area (Å²) in [6, 6.07) is 7.13. The van der Waals surface area contributed by atoms with Crippen molar-refractivity contribution in [2.45, 2.75) is 20.8 Å². The molecule has 0 saturated heterocycles. The van der Waals surface area contributed by atoms with Crippen molar-refractivity contribution in [3.05, 3.63) is 35.5 Å². The highest BCUT2D eigenvalue weighted by atomic mass is 16.1. The third-order valence-corrected chi connectivity index (χ3v) is 2.64. The van der Waals surface area contributed by atoms with Gasteiger partial charge in [0.1, 0.15) is 0 Å². The Morgan fingerprint density at radius 3 is 2.50 bits per heavy atom. The first-order chi connectivity index (χ1) is 8.47. The van der Waals surface area contributed by atoms with Gasteiger partial charge < -0.3 is 5.32 Å². The normalized spacial score (nSPS) is 10.4. The summed E-state index contributed by atoms with van der Waals surface area (Å²) < 4.78 is 0. The number of aryl methyl sites for hydroxylation is 1. The SMILES string of the molecule is CC(=O)Nc1ccc2nc(C)cc(C(C)=O)c2c1. The Bertz CT molecular complexity index is 648. The number of Topliss-reactive ketones (excluding diaryl/α,β-unsaturated/α-hetero) is 1. The van der Waals surface area contributed by atoms with Crippen LogP contribution in [0, 0.1) is 6.92 Å². The van der Waals surface area contributed by atoms with Gasteiger partial charge in [-0.25, -0.2) is 0 Å². The van der Waals surface area contributed by atoms with E-state index in [9.17, 15) is 9.59 Å². The van der Waals surface area contributed by atoms with Gasteiger partial charge >= 0.3 is 0 Å². The molecule has 2 rings (SSSR count). The lowest BCUT2D eigenvalue weighted by molar-refractivity contribution is -0.114. The van der Waals surface area contributed by atoms with Gasteiger partial charge in [0.05, 0.1) is 5.52 Å². The molecule has 0 aliphatic heterocycles. The number of nitrogens with one attached hydrogen (secondary N) is 1. The Labute approximate surface area is 105 Å². The van der Waals surface area contributed by atoms with E-state index in [4.69, 9.17) is 0 Å². The number of ketones is 1. The lowest BCUT2D eigenvalue weighted by Gasteiger charge is -2.08. The zero-order valence-electron chi connectivity index (χ0n) is 10.6. The number of anilines is 1. The van der Waals surface area contributed by atoms with Crippen LogP contribution >= 0.6 is 0 Å². The summed E-state index contributed by atoms with van der Waals surface area (Å²) in [4.78, 5) is 27.0. The van der Waals surface area contributed by atoms with Gasteiger partial charge in [0.2, 0.25) is 5.91 Å². The van der Waals surface area contributed by atoms with Crippen LogP contribution in [0.3, 0.4) is 0 Å². The minimum Gasteiger partial charge on any atom is -0.326 e. The highest BCUT2D eigenvalue weighted by molar-refractivity contribution is 6.07. The lowest BCUT2D eigenvalue weighted by atomic mass is 10.0. The number of pyridine rings is 1. The molecule has 0 fully saturated rings. The van der Waals surface area contributed by atoms with Gasteiger partial charge in [0, 0.05) is 29.3 Å². The highest BCUT2D eigenvalue weighted by Gasteiger charge is 2.09. The number of hydrogen-bond donors (Lipinski definition) is 1. The second-order valence-corrected chi connectivity index (χ2v) is 4.28. The first-order valence-electron chi connectivity index (χ1n) is 5.67. The fraction of sp³-hybridized carbons (Fsp3) is 0.214. The van der Waals surface area contributed by atoms with Crippen LogP contribution in [0.5, 0.6) is 0 Å². The summed E-state index contributed by atoms with van der Waals surface area (Å²) in [6.07, 6.45) is 0. The monoisotopic (exact) mass is 242 g/mol. The van der Waals surface area contributed by atoms with E-state index < -0.39 is 0 Å². The Balaban J connectivity index is 2.66. The van der Waals surface area contributed by atoms with Gasteiger partial charge in [-0.3, -0.25) is 14.6 Å². The molecule has 92 valence electrons. The zero-order valence-corrected chi connectivity index (χ0v) is 10.6. The molecule has 1 amide bonds. The Hall–Kier alpha value is -2.23. The van der Waals surface area contributed by atoms with E-state index in [1.165, 1.54) is 13.8 Å². The molecule has 0 unspecified atom stereocenters. The van der Waals surface area contributed by atoms with Crippen molar-refractivity contribution in [3.8, 4) is 0 Å². The van der Waals surface area contributed by atoms with Crippen molar-refractivity contribution in [1.29, 1.82) is 0 Å². The molecule has 0 atom stereocenters. The molecular weight excluding hydrogens is 228 g/mol. The standard InChI is InChI=1S/C14H14N2O2/c1-8-6-12(9(2)17)13-7-11(16-10(3)18)4-5-14(13)15-8/h4-7H,1-3H3,(H,16,18). The number of hydrogen-bond acceptors (Lipinski definition) is 3. The second-order valence-electron chi connectivity index (χ2n) is 4.28. The summed E-state index contributed by atoms with van der Waals surface area (Å²) in [5, 5.41) is 3.46. The van der Waals surface area contributed by atoms with E-state index in [2.05, 4.69) is 10.3 Å². The second kappa shape index (κ2) is 4.56. The molecule has 0 radical (unpaired) electrons. The third kappa shape index (κ3) is 2.37. The molecular formula is C14H14N2O2. The molecule has 0 aliphatic carbocycles. The van der Waals surface area contributed by atoms with E-state index in [1.54, 1.807) is 24.3 Å². The maximum absolute atomic E-state index is 11.6. The molecule has 0 spiro atoms. The Morgan fingerprint density at radius 2 is 1.89 bits per heavy atom. The van der Waals surface area contributed by atoms with Gasteiger partial charge in [-0.2, -0.15) is 0 Å². The lowest BCUT2D eigenvalue weighted by Crippen LogP contribution is -2.06. The third-order valence-electron chi connectivity index (χ3n) is 2.64. The van der Waals surface area contributed by atoms with E-state index in [0.717, 1.165) is 16.6 Å². The molecule has 2 aromatic rings. The van der Waals surface area contributed by atoms with Gasteiger partial charge in [0.25, 0.3) is 0 Å². The number of carbonyl (C=O) groups excluding carboxylic acids is 2. The number of nitrogens with zero attached hydrogens (tertiary/aromatic N) is 1. The maximum Gasteiger partial charge on any atom is 0.221 e. The molecule has 0 aliphatic rings. The number of benzene rings is 1. The van der Waals surface area contributed by atoms with Gasteiger partial charge in [-0.05, 0) is 38.1 Å². The Kier molecular flexibility index (Phi) is 3.10. The molecule has 4 nitrogen and oxygen atoms in total. The van der Waals surface area contributed by atoms with Crippen molar-refractivity contribution in [2.24, 2.45) is 0 Å². The summed E-state index contributed by atoms with van der Waals surface area (Å²) in [6.45, 7) is 4.83. The van der Waals surface area contributed by atoms with E-state index in [0.29, 0.717) is 11.3 Å². The van der Waals surface area contributed by atoms with Gasteiger partial charge in [-0.1, -0.05) is 0 Å². The largest absolute Gasteiger partial charge is 0.326 e. The number of amides is 1. The van der Waals surface area contributed by atoms with Gasteiger partial charge in [-0.15, -0.1) is 0 Å². The van der Waals surface area contributed by atoms with Crippen LogP contribution in [0.15, 0.2) is 24.3 Å². The summed E-state index contributed by atoms with van der Waals surface area (Å²) in [5.74, 6) is -0.149. The quantitative estimate of drug-likeness (QED) is 0.824. The number of fused-ring (bicyclic) bond motifs is 1. The average Bonchev–Trinajstić information content (AvgIpc) is 2.27. The molecule has 0 saturated carbocycles. The molecule has 1 aromatic carbocycles. The molecule has 18 heavy (non-hydrogen) atoms. The van der Waals surface area contributed by atoms with E-state index in [-0.39, 0.29) is 11.7 Å². The maximum atomic E-state index is 11.6. The molecule has 1 N–H and O–H groups in total. The first-order valence-corrected chi connectivity index (χ1v) is 5.67. The van der Waals surface area contributed by atoms with Gasteiger partial charge in [0.15, 0.2) is 5.78 Å². The average molecular weight is 242 g/mol. The minimum atomic E-state index is -0.140. The zero-order chi connectivity index (χ0) is 13.3. The van der Waals surface area contributed by atoms with Crippen LogP contribution in [-0.2, 0) is 4.79 Å². The van der Waals surface area contributed by atoms with E-state index in [1.807, 2.05) is 6.92 Å². The topological polar surface area (TPSA) is 59.1 Å². The number of rotatable bonds is 2. The minimum absolute atomic E-state index is 0.00882. The van der Waals surface area contributed by atoms with Crippen molar-refractivity contribution < 1.29 is 9.59 Å². The van der Waals surface area contributed by atoms with Crippen LogP contribution in [0.25, 0.3) is 10.9 Å². The van der Waals surface area contributed by atoms with Crippen molar-refractivity contribution >= 4 is 28.3 Å². The number of carbonyl (C=O) groups is 2. The fourth-order valence-electron chi connectivity index (χ4n) is 1.93. The van der Waals surface area contributed by atoms with Crippen LogP contribution in [-0.4, -0.2) is 16.7 Å². The van der Waals surface area contributed by atoms with Crippen LogP contribution in [0.2, 0.25) is 0 Å². The smallest absolute Gasteiger partial charge is 0.221 e. The van der Waals surface area contributed by atoms with Crippen LogP contribution in [0.1, 0.15) is 29.9 Å². The summed E-state index contributed by atoms with van der Waals surface area (Å²) in [5.41, 5.74) is 2.86. The highest BCUT2D eigenvalue weighted by Crippen LogP contribution is 2.22. The van der Waals surface area contributed by atoms with Crippen molar-refractivity contribution in [2.75, 3.05) is 5.32 Å². The summed E-state index contributed by atoms with van der Waals surface area (Å²) in [7, 11) is 0. The Morgan fingerprint density at radius 1 is 1.17 bits per heavy atom. The molecule has 0 bridgehead atoms. The first kappa shape index (κ1) is 12.2. The van der Waals surface area contributed by atoms with Crippen molar-refractivity contribution in [1.82, 2.24) is 4.98 Å².